The molecule has 0 aliphatic heterocycles. The van der Waals surface area contributed by atoms with Crippen molar-refractivity contribution in [2.75, 3.05) is 0 Å². The molecule has 0 bridgehead atoms. The van der Waals surface area contributed by atoms with Crippen molar-refractivity contribution in [2.45, 2.75) is 51.4 Å². The second kappa shape index (κ2) is 13.6. The van der Waals surface area contributed by atoms with Crippen molar-refractivity contribution in [3.63, 3.8) is 0 Å². The van der Waals surface area contributed by atoms with Crippen LogP contribution >= 0.6 is 0 Å². The normalized spacial score (nSPS) is 26.4. The second-order valence-corrected chi connectivity index (χ2v) is 4.28. The molecular formula is C16H24Rh. The summed E-state index contributed by atoms with van der Waals surface area (Å²) in [4.78, 5) is 0. The maximum atomic E-state index is 2.23. The van der Waals surface area contributed by atoms with Crippen molar-refractivity contribution in [3.8, 4) is 0 Å². The molecule has 0 saturated heterocycles. The zero-order valence-corrected chi connectivity index (χ0v) is 12.2. The van der Waals surface area contributed by atoms with E-state index in [1.165, 1.54) is 51.4 Å². The van der Waals surface area contributed by atoms with Gasteiger partial charge in [-0.05, 0) is 51.4 Å². The number of hydrogen-bond donors (Lipinski definition) is 0. The van der Waals surface area contributed by atoms with Gasteiger partial charge in [-0.2, -0.15) is 0 Å². The van der Waals surface area contributed by atoms with Gasteiger partial charge in [0, 0.05) is 19.5 Å². The van der Waals surface area contributed by atoms with E-state index in [4.69, 9.17) is 0 Å². The Labute approximate surface area is 119 Å². The molecule has 0 atom stereocenters. The molecule has 1 radical (unpaired) electrons. The summed E-state index contributed by atoms with van der Waals surface area (Å²) in [5.74, 6) is 0. The Morgan fingerprint density at radius 3 is 0.882 bits per heavy atom. The minimum absolute atomic E-state index is 0. The van der Waals surface area contributed by atoms with Gasteiger partial charge in [0.15, 0.2) is 0 Å². The Hall–Kier alpha value is -0.417. The van der Waals surface area contributed by atoms with Crippen LogP contribution in [0.3, 0.4) is 0 Å². The Morgan fingerprint density at radius 1 is 0.412 bits per heavy atom. The SMILES string of the molecule is C1=C\CCCC\C=C/1.C1=C\CCCC\C=C/1.[Rh]. The third-order valence-electron chi connectivity index (χ3n) is 2.75. The molecule has 0 aromatic carbocycles. The van der Waals surface area contributed by atoms with Gasteiger partial charge in [0.25, 0.3) is 0 Å². The fourth-order valence-electron chi connectivity index (χ4n) is 1.75. The fraction of sp³-hybridized carbons (Fsp3) is 0.500. The summed E-state index contributed by atoms with van der Waals surface area (Å²) < 4.78 is 0. The molecule has 0 N–H and O–H groups in total. The van der Waals surface area contributed by atoms with Crippen LogP contribution in [0.1, 0.15) is 51.4 Å². The molecule has 2 rings (SSSR count). The quantitative estimate of drug-likeness (QED) is 0.528. The van der Waals surface area contributed by atoms with Crippen molar-refractivity contribution >= 4 is 0 Å². The van der Waals surface area contributed by atoms with E-state index in [2.05, 4.69) is 48.6 Å². The molecule has 97 valence electrons. The van der Waals surface area contributed by atoms with E-state index in [0.717, 1.165) is 0 Å². The van der Waals surface area contributed by atoms with Crippen molar-refractivity contribution in [1.29, 1.82) is 0 Å². The Bertz CT molecular complexity index is 203. The maximum absolute atomic E-state index is 2.23. The number of hydrogen-bond acceptors (Lipinski definition) is 0. The topological polar surface area (TPSA) is 0 Å². The average Bonchev–Trinajstić information content (AvgIpc) is 2.15. The molecule has 17 heavy (non-hydrogen) atoms. The molecule has 0 aromatic heterocycles. The summed E-state index contributed by atoms with van der Waals surface area (Å²) >= 11 is 0. The third-order valence-corrected chi connectivity index (χ3v) is 2.75. The van der Waals surface area contributed by atoms with Crippen LogP contribution in [-0.2, 0) is 19.5 Å². The largest absolute Gasteiger partial charge is 0.0845 e. The summed E-state index contributed by atoms with van der Waals surface area (Å²) in [5.41, 5.74) is 0. The van der Waals surface area contributed by atoms with Crippen molar-refractivity contribution in [3.05, 3.63) is 48.6 Å². The van der Waals surface area contributed by atoms with Crippen molar-refractivity contribution in [1.82, 2.24) is 0 Å². The van der Waals surface area contributed by atoms with Gasteiger partial charge < -0.3 is 0 Å². The van der Waals surface area contributed by atoms with Crippen molar-refractivity contribution in [2.24, 2.45) is 0 Å². The van der Waals surface area contributed by atoms with Crippen LogP contribution in [0.2, 0.25) is 0 Å². The summed E-state index contributed by atoms with van der Waals surface area (Å²) in [7, 11) is 0. The van der Waals surface area contributed by atoms with Crippen molar-refractivity contribution < 1.29 is 19.5 Å². The predicted octanol–water partition coefficient (Wildman–Crippen LogP) is 5.34. The Morgan fingerprint density at radius 2 is 0.647 bits per heavy atom. The van der Waals surface area contributed by atoms with Crippen LogP contribution in [0, 0.1) is 0 Å². The first-order valence-electron chi connectivity index (χ1n) is 6.63. The second-order valence-electron chi connectivity index (χ2n) is 4.28. The minimum atomic E-state index is 0. The fourth-order valence-corrected chi connectivity index (χ4v) is 1.75. The van der Waals surface area contributed by atoms with Gasteiger partial charge in [-0.1, -0.05) is 48.6 Å². The van der Waals surface area contributed by atoms with E-state index >= 15 is 0 Å². The molecular weight excluding hydrogens is 295 g/mol. The molecule has 0 unspecified atom stereocenters. The minimum Gasteiger partial charge on any atom is -0.0845 e. The van der Waals surface area contributed by atoms with Gasteiger partial charge >= 0.3 is 0 Å². The Balaban J connectivity index is 0.000000284. The third kappa shape index (κ3) is 11.8. The number of rotatable bonds is 0. The van der Waals surface area contributed by atoms with Gasteiger partial charge in [-0.15, -0.1) is 0 Å². The molecule has 0 saturated carbocycles. The van der Waals surface area contributed by atoms with Gasteiger partial charge in [-0.25, -0.2) is 0 Å². The maximum Gasteiger partial charge on any atom is 0 e. The molecule has 0 amide bonds. The van der Waals surface area contributed by atoms with E-state index in [1.807, 2.05) is 0 Å². The van der Waals surface area contributed by atoms with Crippen LogP contribution in [0.25, 0.3) is 0 Å². The monoisotopic (exact) mass is 319 g/mol. The summed E-state index contributed by atoms with van der Waals surface area (Å²) in [5, 5.41) is 0. The van der Waals surface area contributed by atoms with Crippen LogP contribution in [-0.4, -0.2) is 0 Å². The summed E-state index contributed by atoms with van der Waals surface area (Å²) in [6.45, 7) is 0. The molecule has 0 spiro atoms. The van der Waals surface area contributed by atoms with E-state index in [1.54, 1.807) is 0 Å². The van der Waals surface area contributed by atoms with E-state index in [0.29, 0.717) is 0 Å². The zero-order chi connectivity index (χ0) is 11.3. The van der Waals surface area contributed by atoms with Crippen LogP contribution in [0.15, 0.2) is 48.6 Å². The predicted molar refractivity (Wildman–Crippen MR) is 73.5 cm³/mol. The van der Waals surface area contributed by atoms with Crippen LogP contribution in [0.4, 0.5) is 0 Å². The van der Waals surface area contributed by atoms with E-state index in [-0.39, 0.29) is 19.5 Å². The molecule has 1 heteroatoms. The molecule has 0 heterocycles. The van der Waals surface area contributed by atoms with Crippen LogP contribution in [0.5, 0.6) is 0 Å². The molecule has 2 aliphatic rings. The summed E-state index contributed by atoms with van der Waals surface area (Å²) in [6, 6.07) is 0. The first-order valence-corrected chi connectivity index (χ1v) is 6.63. The first kappa shape index (κ1) is 16.6. The molecule has 0 aromatic rings. The standard InChI is InChI=1S/2C8H12.Rh/c2*1-2-4-6-8-7-5-3-1;/h2*1-4H,5-8H2;/b2*3-1-,4-2-;. The Kier molecular flexibility index (Phi) is 13.3. The first-order chi connectivity index (χ1) is 8.00. The zero-order valence-electron chi connectivity index (χ0n) is 10.6. The van der Waals surface area contributed by atoms with Gasteiger partial charge in [0.2, 0.25) is 0 Å². The van der Waals surface area contributed by atoms with E-state index < -0.39 is 0 Å². The molecule has 0 nitrogen and oxygen atoms in total. The molecule has 2 aliphatic carbocycles. The van der Waals surface area contributed by atoms with Crippen LogP contribution < -0.4 is 0 Å². The average molecular weight is 319 g/mol. The van der Waals surface area contributed by atoms with Gasteiger partial charge in [0.1, 0.15) is 0 Å². The number of allylic oxidation sites excluding steroid dienone is 8. The van der Waals surface area contributed by atoms with Gasteiger partial charge in [0.05, 0.1) is 0 Å². The summed E-state index contributed by atoms with van der Waals surface area (Å²) in [6.07, 6.45) is 28.0. The smallest absolute Gasteiger partial charge is 0 e. The van der Waals surface area contributed by atoms with E-state index in [9.17, 15) is 0 Å². The van der Waals surface area contributed by atoms with Gasteiger partial charge in [-0.3, -0.25) is 0 Å². The molecule has 0 fully saturated rings.